The summed E-state index contributed by atoms with van der Waals surface area (Å²) in [6.07, 6.45) is 0. The normalized spacial score (nSPS) is 10.1. The molecule has 2 aromatic rings. The molecular weight excluding hydrogens is 284 g/mol. The molecule has 0 atom stereocenters. The number of nitrogens with zero attached hydrogens (tertiary/aromatic N) is 1. The molecule has 2 rings (SSSR count). The fourth-order valence-corrected chi connectivity index (χ4v) is 2.07. The minimum absolute atomic E-state index is 0.0319. The van der Waals surface area contributed by atoms with Crippen LogP contribution in [0.2, 0.25) is 0 Å². The average molecular weight is 300 g/mol. The van der Waals surface area contributed by atoms with Crippen LogP contribution in [0.15, 0.2) is 29.1 Å². The average Bonchev–Trinajstić information content (AvgIpc) is 2.36. The van der Waals surface area contributed by atoms with E-state index in [1.165, 1.54) is 6.92 Å². The Morgan fingerprint density at radius 2 is 1.77 bits per heavy atom. The highest BCUT2D eigenvalue weighted by atomic mass is 16.2. The fourth-order valence-electron chi connectivity index (χ4n) is 2.07. The number of hydrogen-bond donors (Lipinski definition) is 3. The van der Waals surface area contributed by atoms with E-state index in [0.717, 1.165) is 0 Å². The van der Waals surface area contributed by atoms with Gasteiger partial charge in [-0.3, -0.25) is 14.4 Å². The Balaban J connectivity index is 2.26. The molecule has 1 aromatic heterocycles. The van der Waals surface area contributed by atoms with E-state index >= 15 is 0 Å². The first kappa shape index (κ1) is 15.4. The van der Waals surface area contributed by atoms with E-state index in [4.69, 9.17) is 0 Å². The van der Waals surface area contributed by atoms with Gasteiger partial charge in [0.15, 0.2) is 0 Å². The van der Waals surface area contributed by atoms with Crippen molar-refractivity contribution in [2.45, 2.75) is 20.8 Å². The summed E-state index contributed by atoms with van der Waals surface area (Å²) in [5.74, 6) is -0.309. The van der Waals surface area contributed by atoms with Gasteiger partial charge in [0.1, 0.15) is 11.4 Å². The maximum atomic E-state index is 12.2. The van der Waals surface area contributed by atoms with Gasteiger partial charge in [0.2, 0.25) is 5.91 Å². The van der Waals surface area contributed by atoms with Gasteiger partial charge in [-0.25, -0.2) is 4.98 Å². The molecule has 7 nitrogen and oxygen atoms in total. The summed E-state index contributed by atoms with van der Waals surface area (Å²) in [5.41, 5.74) is 0.862. The number of carbonyl (C=O) groups is 2. The number of aromatic amines is 1. The van der Waals surface area contributed by atoms with Crippen LogP contribution >= 0.6 is 0 Å². The van der Waals surface area contributed by atoms with Crippen molar-refractivity contribution in [1.29, 1.82) is 0 Å². The number of rotatable bonds is 3. The lowest BCUT2D eigenvalue weighted by Gasteiger charge is -2.09. The third-order valence-corrected chi connectivity index (χ3v) is 2.89. The highest BCUT2D eigenvalue weighted by molar-refractivity contribution is 6.05. The van der Waals surface area contributed by atoms with Gasteiger partial charge in [0.25, 0.3) is 11.5 Å². The lowest BCUT2D eigenvalue weighted by atomic mass is 10.2. The highest BCUT2D eigenvalue weighted by Gasteiger charge is 2.15. The van der Waals surface area contributed by atoms with E-state index in [-0.39, 0.29) is 11.5 Å². The quantitative estimate of drug-likeness (QED) is 0.800. The molecule has 0 aliphatic heterocycles. The maximum Gasteiger partial charge on any atom is 0.264 e. The monoisotopic (exact) mass is 300 g/mol. The molecule has 22 heavy (non-hydrogen) atoms. The maximum absolute atomic E-state index is 12.2. The van der Waals surface area contributed by atoms with Crippen molar-refractivity contribution in [3.05, 3.63) is 51.7 Å². The molecule has 0 unspecified atom stereocenters. The largest absolute Gasteiger partial charge is 0.326 e. The molecule has 7 heteroatoms. The van der Waals surface area contributed by atoms with Crippen LogP contribution in [-0.2, 0) is 4.79 Å². The number of H-pyrrole nitrogens is 1. The standard InChI is InChI=1S/C15H16N4O3/c1-8-13(14(21)17-9(2)16-8)15(22)19-12-6-4-5-11(7-12)18-10(3)20/h4-7H,1-3H3,(H,18,20)(H,19,22)(H,16,17,21). The first-order chi connectivity index (χ1) is 10.4. The second-order valence-electron chi connectivity index (χ2n) is 4.83. The molecule has 0 radical (unpaired) electrons. The predicted molar refractivity (Wildman–Crippen MR) is 83.0 cm³/mol. The van der Waals surface area contributed by atoms with E-state index in [0.29, 0.717) is 22.9 Å². The van der Waals surface area contributed by atoms with Gasteiger partial charge >= 0.3 is 0 Å². The smallest absolute Gasteiger partial charge is 0.264 e. The molecule has 0 aliphatic carbocycles. The number of aromatic nitrogens is 2. The zero-order valence-corrected chi connectivity index (χ0v) is 12.5. The first-order valence-electron chi connectivity index (χ1n) is 6.63. The molecule has 0 aliphatic rings. The second-order valence-corrected chi connectivity index (χ2v) is 4.83. The molecule has 0 spiro atoms. The summed E-state index contributed by atoms with van der Waals surface area (Å²) < 4.78 is 0. The summed E-state index contributed by atoms with van der Waals surface area (Å²) in [4.78, 5) is 41.8. The fraction of sp³-hybridized carbons (Fsp3) is 0.200. The topological polar surface area (TPSA) is 104 Å². The number of hydrogen-bond acceptors (Lipinski definition) is 4. The van der Waals surface area contributed by atoms with Crippen molar-refractivity contribution in [2.24, 2.45) is 0 Å². The van der Waals surface area contributed by atoms with E-state index in [9.17, 15) is 14.4 Å². The van der Waals surface area contributed by atoms with Crippen LogP contribution in [0.4, 0.5) is 11.4 Å². The molecule has 0 fully saturated rings. The lowest BCUT2D eigenvalue weighted by Crippen LogP contribution is -2.26. The van der Waals surface area contributed by atoms with Gasteiger partial charge in [0, 0.05) is 18.3 Å². The summed E-state index contributed by atoms with van der Waals surface area (Å²) in [5, 5.41) is 5.24. The van der Waals surface area contributed by atoms with Crippen LogP contribution in [-0.4, -0.2) is 21.8 Å². The van der Waals surface area contributed by atoms with Gasteiger partial charge in [-0.15, -0.1) is 0 Å². The number of carbonyl (C=O) groups excluding carboxylic acids is 2. The highest BCUT2D eigenvalue weighted by Crippen LogP contribution is 2.16. The van der Waals surface area contributed by atoms with Crippen molar-refractivity contribution >= 4 is 23.2 Å². The molecule has 0 bridgehead atoms. The lowest BCUT2D eigenvalue weighted by molar-refractivity contribution is -0.114. The van der Waals surface area contributed by atoms with Crippen LogP contribution in [0.1, 0.15) is 28.8 Å². The number of amides is 2. The van der Waals surface area contributed by atoms with Crippen LogP contribution in [0.25, 0.3) is 0 Å². The molecule has 114 valence electrons. The Morgan fingerprint density at radius 1 is 1.14 bits per heavy atom. The van der Waals surface area contributed by atoms with Crippen LogP contribution < -0.4 is 16.2 Å². The van der Waals surface area contributed by atoms with E-state index in [1.807, 2.05) is 0 Å². The third-order valence-electron chi connectivity index (χ3n) is 2.89. The summed E-state index contributed by atoms with van der Waals surface area (Å²) >= 11 is 0. The Hall–Kier alpha value is -2.96. The summed E-state index contributed by atoms with van der Waals surface area (Å²) in [7, 11) is 0. The van der Waals surface area contributed by atoms with Crippen LogP contribution in [0.3, 0.4) is 0 Å². The predicted octanol–water partition coefficient (Wildman–Crippen LogP) is 1.60. The van der Waals surface area contributed by atoms with Crippen molar-refractivity contribution in [2.75, 3.05) is 10.6 Å². The Morgan fingerprint density at radius 3 is 2.36 bits per heavy atom. The van der Waals surface area contributed by atoms with Gasteiger partial charge in [-0.05, 0) is 32.0 Å². The number of benzene rings is 1. The summed E-state index contributed by atoms with van der Waals surface area (Å²) in [6, 6.07) is 6.65. The van der Waals surface area contributed by atoms with Gasteiger partial charge in [-0.1, -0.05) is 6.07 Å². The molecule has 2 amide bonds. The molecule has 1 aromatic carbocycles. The molecule has 3 N–H and O–H groups in total. The van der Waals surface area contributed by atoms with Gasteiger partial charge in [0.05, 0.1) is 5.69 Å². The van der Waals surface area contributed by atoms with Gasteiger partial charge in [-0.2, -0.15) is 0 Å². The second kappa shape index (κ2) is 6.21. The first-order valence-corrected chi connectivity index (χ1v) is 6.63. The van der Waals surface area contributed by atoms with Crippen LogP contribution in [0, 0.1) is 13.8 Å². The SMILES string of the molecule is CC(=O)Nc1cccc(NC(=O)c2c(C)nc(C)[nH]c2=O)c1. The van der Waals surface area contributed by atoms with Gasteiger partial charge < -0.3 is 15.6 Å². The number of nitrogens with one attached hydrogen (secondary N) is 3. The zero-order valence-electron chi connectivity index (χ0n) is 12.5. The van der Waals surface area contributed by atoms with Crippen molar-refractivity contribution in [3.8, 4) is 0 Å². The van der Waals surface area contributed by atoms with E-state index in [2.05, 4.69) is 20.6 Å². The van der Waals surface area contributed by atoms with Crippen LogP contribution in [0.5, 0.6) is 0 Å². The van der Waals surface area contributed by atoms with Crippen molar-refractivity contribution in [3.63, 3.8) is 0 Å². The van der Waals surface area contributed by atoms with E-state index < -0.39 is 11.5 Å². The summed E-state index contributed by atoms with van der Waals surface area (Å²) in [6.45, 7) is 4.64. The molecule has 0 saturated heterocycles. The third kappa shape index (κ3) is 3.57. The molecule has 1 heterocycles. The molecular formula is C15H16N4O3. The van der Waals surface area contributed by atoms with E-state index in [1.54, 1.807) is 38.1 Å². The van der Waals surface area contributed by atoms with Crippen molar-refractivity contribution < 1.29 is 9.59 Å². The zero-order chi connectivity index (χ0) is 16.3. The number of anilines is 2. The van der Waals surface area contributed by atoms with Crippen molar-refractivity contribution in [1.82, 2.24) is 9.97 Å². The minimum Gasteiger partial charge on any atom is -0.326 e. The Bertz CT molecular complexity index is 796. The number of aryl methyl sites for hydroxylation is 2. The molecule has 0 saturated carbocycles. The Kier molecular flexibility index (Phi) is 4.36. The minimum atomic E-state index is -0.550. The Labute approximate surface area is 126 Å².